The van der Waals surface area contributed by atoms with Gasteiger partial charge < -0.3 is 9.47 Å². The summed E-state index contributed by atoms with van der Waals surface area (Å²) < 4.78 is 11.1. The van der Waals surface area contributed by atoms with Gasteiger partial charge in [-0.1, -0.05) is 6.08 Å². The van der Waals surface area contributed by atoms with Gasteiger partial charge in [0.25, 0.3) is 0 Å². The third kappa shape index (κ3) is 3.39. The minimum absolute atomic E-state index is 0.0748. The Balaban J connectivity index is 1.84. The quantitative estimate of drug-likeness (QED) is 0.785. The first-order valence-corrected chi connectivity index (χ1v) is 7.89. The average Bonchev–Trinajstić information content (AvgIpc) is 2.52. The van der Waals surface area contributed by atoms with Gasteiger partial charge in [0.05, 0.1) is 25.3 Å². The summed E-state index contributed by atoms with van der Waals surface area (Å²) in [6.07, 6.45) is 5.64. The molecule has 0 aliphatic carbocycles. The van der Waals surface area contributed by atoms with Crippen LogP contribution in [0.1, 0.15) is 38.6 Å². The number of rotatable bonds is 1. The van der Waals surface area contributed by atoms with Crippen LogP contribution < -0.4 is 0 Å². The first kappa shape index (κ1) is 16.4. The Kier molecular flexibility index (Phi) is 4.24. The predicted octanol–water partition coefficient (Wildman–Crippen LogP) is 2.14. The fraction of sp³-hybridized carbons (Fsp3) is 0.529. The smallest absolute Gasteiger partial charge is 0.411 e. The molecule has 7 nitrogen and oxygen atoms in total. The van der Waals surface area contributed by atoms with Crippen LogP contribution in [0.15, 0.2) is 18.5 Å². The minimum atomic E-state index is -0.531. The lowest BCUT2D eigenvalue weighted by molar-refractivity contribution is -0.0510. The van der Waals surface area contributed by atoms with Gasteiger partial charge in [0, 0.05) is 18.0 Å². The van der Waals surface area contributed by atoms with Crippen LogP contribution in [0.2, 0.25) is 0 Å². The van der Waals surface area contributed by atoms with E-state index in [0.29, 0.717) is 19.6 Å². The van der Waals surface area contributed by atoms with Crippen molar-refractivity contribution in [1.29, 1.82) is 5.26 Å². The Labute approximate surface area is 140 Å². The maximum Gasteiger partial charge on any atom is 0.411 e. The van der Waals surface area contributed by atoms with E-state index in [-0.39, 0.29) is 24.0 Å². The number of carbonyl (C=O) groups is 1. The van der Waals surface area contributed by atoms with E-state index in [2.05, 4.69) is 9.97 Å². The molecule has 1 aromatic rings. The van der Waals surface area contributed by atoms with E-state index in [9.17, 15) is 4.79 Å². The molecule has 2 atom stereocenters. The standard InChI is InChI=1S/C17H20N4O3/c1-17(2,3)24-16(22)21-13-4-11(5-14(21)10-23-9-13)12-7-19-15(6-18)20-8-12/h4,7-8,13-14H,5,9-10H2,1-3H3. The number of nitriles is 1. The Morgan fingerprint density at radius 1 is 1.38 bits per heavy atom. The monoisotopic (exact) mass is 328 g/mol. The maximum absolute atomic E-state index is 12.5. The van der Waals surface area contributed by atoms with Crippen molar-refractivity contribution in [2.75, 3.05) is 13.2 Å². The van der Waals surface area contributed by atoms with E-state index in [1.165, 1.54) is 0 Å². The fourth-order valence-electron chi connectivity index (χ4n) is 2.96. The Morgan fingerprint density at radius 3 is 2.67 bits per heavy atom. The lowest BCUT2D eigenvalue weighted by Crippen LogP contribution is -2.57. The number of carbonyl (C=O) groups excluding carboxylic acids is 1. The van der Waals surface area contributed by atoms with Crippen LogP contribution in [-0.4, -0.2) is 51.9 Å². The number of nitrogens with zero attached hydrogens (tertiary/aromatic N) is 4. The molecule has 1 saturated heterocycles. The molecular formula is C17H20N4O3. The summed E-state index contributed by atoms with van der Waals surface area (Å²) in [4.78, 5) is 22.3. The molecule has 1 amide bonds. The number of amides is 1. The zero-order valence-corrected chi connectivity index (χ0v) is 14.0. The minimum Gasteiger partial charge on any atom is -0.444 e. The molecule has 24 heavy (non-hydrogen) atoms. The molecule has 0 saturated carbocycles. The van der Waals surface area contributed by atoms with E-state index in [1.807, 2.05) is 32.9 Å². The molecule has 3 heterocycles. The Morgan fingerprint density at radius 2 is 2.08 bits per heavy atom. The highest BCUT2D eigenvalue weighted by Gasteiger charge is 2.40. The third-order valence-corrected chi connectivity index (χ3v) is 3.93. The summed E-state index contributed by atoms with van der Waals surface area (Å²) in [6, 6.07) is 1.67. The SMILES string of the molecule is CC(C)(C)OC(=O)N1C2C=C(c3cnc(C#N)nc3)CC1COC2. The second kappa shape index (κ2) is 6.21. The molecule has 2 bridgehead atoms. The van der Waals surface area contributed by atoms with E-state index in [4.69, 9.17) is 14.7 Å². The van der Waals surface area contributed by atoms with Crippen LogP contribution in [0.5, 0.6) is 0 Å². The van der Waals surface area contributed by atoms with Crippen molar-refractivity contribution < 1.29 is 14.3 Å². The van der Waals surface area contributed by atoms with Gasteiger partial charge in [-0.25, -0.2) is 14.8 Å². The lowest BCUT2D eigenvalue weighted by atomic mass is 9.91. The van der Waals surface area contributed by atoms with Crippen LogP contribution in [0.25, 0.3) is 5.57 Å². The topological polar surface area (TPSA) is 88.3 Å². The molecule has 7 heteroatoms. The van der Waals surface area contributed by atoms with Crippen molar-refractivity contribution in [1.82, 2.24) is 14.9 Å². The zero-order valence-electron chi connectivity index (χ0n) is 14.0. The molecule has 0 aromatic carbocycles. The van der Waals surface area contributed by atoms with Crippen molar-refractivity contribution >= 4 is 11.7 Å². The van der Waals surface area contributed by atoms with Gasteiger partial charge in [-0.15, -0.1) is 0 Å². The van der Waals surface area contributed by atoms with Gasteiger partial charge in [-0.05, 0) is 32.8 Å². The highest BCUT2D eigenvalue weighted by Crippen LogP contribution is 2.33. The van der Waals surface area contributed by atoms with Crippen LogP contribution in [0.4, 0.5) is 4.79 Å². The normalized spacial score (nSPS) is 23.2. The molecule has 2 unspecified atom stereocenters. The molecule has 0 spiro atoms. The van der Waals surface area contributed by atoms with E-state index in [0.717, 1.165) is 11.1 Å². The summed E-state index contributed by atoms with van der Waals surface area (Å²) in [7, 11) is 0. The molecule has 3 rings (SSSR count). The first-order valence-electron chi connectivity index (χ1n) is 7.89. The van der Waals surface area contributed by atoms with Crippen LogP contribution in [-0.2, 0) is 9.47 Å². The Hall–Kier alpha value is -2.46. The number of aromatic nitrogens is 2. The second-order valence-corrected chi connectivity index (χ2v) is 6.95. The van der Waals surface area contributed by atoms with E-state index >= 15 is 0 Å². The van der Waals surface area contributed by atoms with E-state index < -0.39 is 5.60 Å². The number of morpholine rings is 1. The number of fused-ring (bicyclic) bond motifs is 2. The van der Waals surface area contributed by atoms with Gasteiger partial charge in [-0.3, -0.25) is 4.90 Å². The van der Waals surface area contributed by atoms with Crippen LogP contribution in [0, 0.1) is 11.3 Å². The molecule has 0 N–H and O–H groups in total. The summed E-state index contributed by atoms with van der Waals surface area (Å²) in [6.45, 7) is 6.49. The molecule has 2 aliphatic rings. The van der Waals surface area contributed by atoms with Crippen molar-refractivity contribution in [3.63, 3.8) is 0 Å². The summed E-state index contributed by atoms with van der Waals surface area (Å²) in [5.74, 6) is 0.147. The Bertz CT molecular complexity index is 700. The molecule has 1 aromatic heterocycles. The molecule has 0 radical (unpaired) electrons. The summed E-state index contributed by atoms with van der Waals surface area (Å²) >= 11 is 0. The number of ether oxygens (including phenoxy) is 2. The largest absolute Gasteiger partial charge is 0.444 e. The van der Waals surface area contributed by atoms with Gasteiger partial charge in [0.2, 0.25) is 5.82 Å². The highest BCUT2D eigenvalue weighted by molar-refractivity contribution is 5.74. The van der Waals surface area contributed by atoms with Gasteiger partial charge >= 0.3 is 6.09 Å². The van der Waals surface area contributed by atoms with Crippen molar-refractivity contribution in [2.24, 2.45) is 0 Å². The van der Waals surface area contributed by atoms with Crippen LogP contribution >= 0.6 is 0 Å². The lowest BCUT2D eigenvalue weighted by Gasteiger charge is -2.44. The fourth-order valence-corrected chi connectivity index (χ4v) is 2.96. The molecule has 1 fully saturated rings. The first-order chi connectivity index (χ1) is 11.4. The average molecular weight is 328 g/mol. The predicted molar refractivity (Wildman–Crippen MR) is 85.8 cm³/mol. The van der Waals surface area contributed by atoms with Crippen molar-refractivity contribution in [3.05, 3.63) is 29.9 Å². The highest BCUT2D eigenvalue weighted by atomic mass is 16.6. The molecular weight excluding hydrogens is 308 g/mol. The third-order valence-electron chi connectivity index (χ3n) is 3.93. The second-order valence-electron chi connectivity index (χ2n) is 6.95. The van der Waals surface area contributed by atoms with Crippen molar-refractivity contribution in [2.45, 2.75) is 44.9 Å². The zero-order chi connectivity index (χ0) is 17.3. The number of hydrogen-bond acceptors (Lipinski definition) is 6. The van der Waals surface area contributed by atoms with Gasteiger partial charge in [-0.2, -0.15) is 5.26 Å². The van der Waals surface area contributed by atoms with E-state index in [1.54, 1.807) is 17.3 Å². The van der Waals surface area contributed by atoms with Crippen LogP contribution in [0.3, 0.4) is 0 Å². The van der Waals surface area contributed by atoms with Gasteiger partial charge in [0.1, 0.15) is 11.7 Å². The maximum atomic E-state index is 12.5. The molecule has 126 valence electrons. The molecule has 2 aliphatic heterocycles. The summed E-state index contributed by atoms with van der Waals surface area (Å²) in [5, 5.41) is 8.79. The van der Waals surface area contributed by atoms with Gasteiger partial charge in [0.15, 0.2) is 0 Å². The summed E-state index contributed by atoms with van der Waals surface area (Å²) in [5.41, 5.74) is 1.41. The number of hydrogen-bond donors (Lipinski definition) is 0. The van der Waals surface area contributed by atoms with Crippen molar-refractivity contribution in [3.8, 4) is 6.07 Å².